The highest BCUT2D eigenvalue weighted by Crippen LogP contribution is 2.10. The molecule has 56 valence electrons. The van der Waals surface area contributed by atoms with Gasteiger partial charge in [0.25, 0.3) is 0 Å². The van der Waals surface area contributed by atoms with Gasteiger partial charge in [-0.15, -0.1) is 0 Å². The Balaban J connectivity index is 2.45. The summed E-state index contributed by atoms with van der Waals surface area (Å²) in [6, 6.07) is 8.34. The Morgan fingerprint density at radius 2 is 2.09 bits per heavy atom. The fourth-order valence-electron chi connectivity index (χ4n) is 1.19. The van der Waals surface area contributed by atoms with Crippen LogP contribution in [0.25, 0.3) is 6.08 Å². The molecule has 2 nitrogen and oxygen atoms in total. The van der Waals surface area contributed by atoms with E-state index in [0.717, 1.165) is 6.54 Å². The summed E-state index contributed by atoms with van der Waals surface area (Å²) in [5, 5.41) is 0. The molecule has 0 bridgehead atoms. The van der Waals surface area contributed by atoms with Gasteiger partial charge < -0.3 is 5.43 Å². The molecule has 0 fully saturated rings. The predicted molar refractivity (Wildman–Crippen MR) is 45.5 cm³/mol. The van der Waals surface area contributed by atoms with Crippen LogP contribution in [0.5, 0.6) is 0 Å². The van der Waals surface area contributed by atoms with Crippen LogP contribution < -0.4 is 10.9 Å². The second kappa shape index (κ2) is 2.76. The van der Waals surface area contributed by atoms with Crippen LogP contribution in [-0.2, 0) is 6.54 Å². The second-order valence-corrected chi connectivity index (χ2v) is 2.53. The van der Waals surface area contributed by atoms with Crippen LogP contribution in [0.3, 0.4) is 0 Å². The van der Waals surface area contributed by atoms with E-state index >= 15 is 0 Å². The monoisotopic (exact) mass is 146 g/mol. The van der Waals surface area contributed by atoms with Crippen molar-refractivity contribution in [1.82, 2.24) is 10.9 Å². The van der Waals surface area contributed by atoms with Crippen molar-refractivity contribution in [2.45, 2.75) is 6.54 Å². The number of hydrazine groups is 1. The third-order valence-corrected chi connectivity index (χ3v) is 1.78. The molecule has 0 saturated carbocycles. The summed E-state index contributed by atoms with van der Waals surface area (Å²) in [6.07, 6.45) is 3.97. The van der Waals surface area contributed by atoms with Crippen molar-refractivity contribution in [2.75, 3.05) is 0 Å². The van der Waals surface area contributed by atoms with Crippen LogP contribution in [0.2, 0.25) is 0 Å². The normalized spacial score (nSPS) is 14.9. The molecule has 2 N–H and O–H groups in total. The number of rotatable bonds is 0. The van der Waals surface area contributed by atoms with Crippen LogP contribution in [-0.4, -0.2) is 0 Å². The van der Waals surface area contributed by atoms with Crippen molar-refractivity contribution in [3.63, 3.8) is 0 Å². The maximum Gasteiger partial charge on any atom is 0.0404 e. The van der Waals surface area contributed by atoms with Crippen LogP contribution in [0, 0.1) is 0 Å². The van der Waals surface area contributed by atoms with Gasteiger partial charge >= 0.3 is 0 Å². The Labute approximate surface area is 65.9 Å². The first-order valence-electron chi connectivity index (χ1n) is 3.70. The lowest BCUT2D eigenvalue weighted by Gasteiger charge is -2.02. The first-order chi connectivity index (χ1) is 5.47. The van der Waals surface area contributed by atoms with E-state index < -0.39 is 0 Å². The zero-order chi connectivity index (χ0) is 7.52. The van der Waals surface area contributed by atoms with Crippen molar-refractivity contribution < 1.29 is 0 Å². The molecule has 11 heavy (non-hydrogen) atoms. The molecule has 1 heterocycles. The third-order valence-electron chi connectivity index (χ3n) is 1.78. The first kappa shape index (κ1) is 6.43. The minimum atomic E-state index is 0.878. The lowest BCUT2D eigenvalue weighted by molar-refractivity contribution is 0.633. The van der Waals surface area contributed by atoms with E-state index in [4.69, 9.17) is 0 Å². The number of nitrogens with one attached hydrogen (secondary N) is 2. The molecule has 0 amide bonds. The van der Waals surface area contributed by atoms with E-state index in [-0.39, 0.29) is 0 Å². The smallest absolute Gasteiger partial charge is 0.0404 e. The van der Waals surface area contributed by atoms with Gasteiger partial charge in [-0.1, -0.05) is 24.3 Å². The summed E-state index contributed by atoms with van der Waals surface area (Å²) < 4.78 is 0. The van der Waals surface area contributed by atoms with E-state index in [0.29, 0.717) is 0 Å². The largest absolute Gasteiger partial charge is 0.328 e. The lowest BCUT2D eigenvalue weighted by atomic mass is 10.1. The van der Waals surface area contributed by atoms with E-state index in [1.54, 1.807) is 0 Å². The molecule has 0 atom stereocenters. The fourth-order valence-corrected chi connectivity index (χ4v) is 1.19. The minimum absolute atomic E-state index is 0.878. The van der Waals surface area contributed by atoms with Gasteiger partial charge in [-0.25, -0.2) is 5.43 Å². The Bertz CT molecular complexity index is 279. The van der Waals surface area contributed by atoms with Crippen LogP contribution in [0.4, 0.5) is 0 Å². The van der Waals surface area contributed by atoms with E-state index in [1.807, 2.05) is 6.20 Å². The molecule has 0 radical (unpaired) electrons. The van der Waals surface area contributed by atoms with Crippen LogP contribution >= 0.6 is 0 Å². The minimum Gasteiger partial charge on any atom is -0.328 e. The summed E-state index contributed by atoms with van der Waals surface area (Å²) in [5.74, 6) is 0. The molecule has 1 aromatic carbocycles. The number of hydrogen-bond acceptors (Lipinski definition) is 2. The van der Waals surface area contributed by atoms with Crippen molar-refractivity contribution >= 4 is 6.08 Å². The Kier molecular flexibility index (Phi) is 1.61. The van der Waals surface area contributed by atoms with Gasteiger partial charge in [0.1, 0.15) is 0 Å². The topological polar surface area (TPSA) is 24.1 Å². The van der Waals surface area contributed by atoms with Gasteiger partial charge in [0, 0.05) is 12.7 Å². The summed E-state index contributed by atoms with van der Waals surface area (Å²) >= 11 is 0. The summed E-state index contributed by atoms with van der Waals surface area (Å²) in [4.78, 5) is 0. The first-order valence-corrected chi connectivity index (χ1v) is 3.70. The number of fused-ring (bicyclic) bond motifs is 1. The molecule has 0 saturated heterocycles. The molecule has 2 rings (SSSR count). The van der Waals surface area contributed by atoms with Gasteiger partial charge in [-0.05, 0) is 17.2 Å². The zero-order valence-corrected chi connectivity index (χ0v) is 6.17. The molecule has 1 aliphatic rings. The zero-order valence-electron chi connectivity index (χ0n) is 6.17. The maximum absolute atomic E-state index is 3.07. The predicted octanol–water partition coefficient (Wildman–Crippen LogP) is 1.27. The van der Waals surface area contributed by atoms with E-state index in [2.05, 4.69) is 41.2 Å². The Hall–Kier alpha value is -1.28. The third kappa shape index (κ3) is 1.25. The van der Waals surface area contributed by atoms with Gasteiger partial charge in [0.05, 0.1) is 0 Å². The summed E-state index contributed by atoms with van der Waals surface area (Å²) in [7, 11) is 0. The van der Waals surface area contributed by atoms with Crippen molar-refractivity contribution in [1.29, 1.82) is 0 Å². The highest BCUT2D eigenvalue weighted by atomic mass is 15.3. The molecule has 1 aromatic rings. The van der Waals surface area contributed by atoms with Crippen molar-refractivity contribution in [3.05, 3.63) is 41.6 Å². The van der Waals surface area contributed by atoms with Crippen molar-refractivity contribution in [2.24, 2.45) is 0 Å². The standard InChI is InChI=1S/C9H10N2/c1-2-4-9-7-11-10-6-5-8(9)3-1/h1-6,10-11H,7H2. The molecule has 2 heteroatoms. The lowest BCUT2D eigenvalue weighted by Crippen LogP contribution is -2.24. The fraction of sp³-hybridized carbons (Fsp3) is 0.111. The Morgan fingerprint density at radius 1 is 1.18 bits per heavy atom. The second-order valence-electron chi connectivity index (χ2n) is 2.53. The maximum atomic E-state index is 3.07. The van der Waals surface area contributed by atoms with Crippen LogP contribution in [0.15, 0.2) is 30.5 Å². The van der Waals surface area contributed by atoms with E-state index in [9.17, 15) is 0 Å². The quantitative estimate of drug-likeness (QED) is 0.576. The van der Waals surface area contributed by atoms with Gasteiger partial charge in [0.15, 0.2) is 0 Å². The summed E-state index contributed by atoms with van der Waals surface area (Å²) in [5.41, 5.74) is 8.64. The number of benzene rings is 1. The molecule has 1 aliphatic heterocycles. The highest BCUT2D eigenvalue weighted by Gasteiger charge is 1.99. The van der Waals surface area contributed by atoms with Gasteiger partial charge in [-0.3, -0.25) is 0 Å². The van der Waals surface area contributed by atoms with Gasteiger partial charge in [-0.2, -0.15) is 0 Å². The van der Waals surface area contributed by atoms with Crippen molar-refractivity contribution in [3.8, 4) is 0 Å². The molecular formula is C9H10N2. The molecule has 0 spiro atoms. The Morgan fingerprint density at radius 3 is 3.09 bits per heavy atom. The SMILES string of the molecule is C1=Cc2ccccc2CNN1. The summed E-state index contributed by atoms with van der Waals surface area (Å²) in [6.45, 7) is 0.878. The average molecular weight is 146 g/mol. The highest BCUT2D eigenvalue weighted by molar-refractivity contribution is 5.53. The molecule has 0 aromatic heterocycles. The van der Waals surface area contributed by atoms with E-state index in [1.165, 1.54) is 11.1 Å². The number of hydrogen-bond donors (Lipinski definition) is 2. The average Bonchev–Trinajstić information content (AvgIpc) is 2.28. The van der Waals surface area contributed by atoms with Crippen LogP contribution in [0.1, 0.15) is 11.1 Å². The molecular weight excluding hydrogens is 136 g/mol. The molecule has 0 unspecified atom stereocenters. The molecule has 0 aliphatic carbocycles. The van der Waals surface area contributed by atoms with Gasteiger partial charge in [0.2, 0.25) is 0 Å².